The van der Waals surface area contributed by atoms with Gasteiger partial charge in [0.05, 0.1) is 10.6 Å². The second kappa shape index (κ2) is 12.2. The molecule has 1 aliphatic rings. The van der Waals surface area contributed by atoms with Crippen LogP contribution in [-0.4, -0.2) is 64.6 Å². The third kappa shape index (κ3) is 6.51. The SMILES string of the molecule is CC(=O)NCCc1nnc(SCC(=O)c2ccc(S(=O)(=O)N3CCCCC3)cc2)n1-c1ccc(C)c(C)c1. The van der Waals surface area contributed by atoms with Crippen molar-refractivity contribution in [3.05, 3.63) is 65.0 Å². The van der Waals surface area contributed by atoms with Gasteiger partial charge in [-0.2, -0.15) is 4.31 Å². The Balaban J connectivity index is 1.49. The van der Waals surface area contributed by atoms with E-state index in [1.165, 1.54) is 35.1 Å². The molecule has 0 radical (unpaired) electrons. The zero-order valence-corrected chi connectivity index (χ0v) is 23.6. The summed E-state index contributed by atoms with van der Waals surface area (Å²) in [6, 6.07) is 12.2. The second-order valence-corrected chi connectivity index (χ2v) is 12.3. The van der Waals surface area contributed by atoms with Crippen molar-refractivity contribution in [2.75, 3.05) is 25.4 Å². The smallest absolute Gasteiger partial charge is 0.243 e. The summed E-state index contributed by atoms with van der Waals surface area (Å²) in [6.45, 7) is 7.04. The summed E-state index contributed by atoms with van der Waals surface area (Å²) in [5.74, 6) is 0.556. The zero-order valence-electron chi connectivity index (χ0n) is 21.9. The maximum absolute atomic E-state index is 13.0. The number of nitrogens with one attached hydrogen (secondary N) is 1. The minimum absolute atomic E-state index is 0.114. The molecular formula is C27H33N5O4S2. The van der Waals surface area contributed by atoms with Crippen LogP contribution in [-0.2, 0) is 21.2 Å². The molecule has 2 heterocycles. The van der Waals surface area contributed by atoms with Gasteiger partial charge in [0.1, 0.15) is 5.82 Å². The van der Waals surface area contributed by atoms with E-state index in [2.05, 4.69) is 15.5 Å². The first-order valence-corrected chi connectivity index (χ1v) is 15.1. The summed E-state index contributed by atoms with van der Waals surface area (Å²) >= 11 is 1.27. The molecule has 1 aliphatic heterocycles. The lowest BCUT2D eigenvalue weighted by Crippen LogP contribution is -2.35. The number of ketones is 1. The molecule has 1 amide bonds. The molecule has 0 spiro atoms. The lowest BCUT2D eigenvalue weighted by Gasteiger charge is -2.25. The number of aromatic nitrogens is 3. The molecule has 0 bridgehead atoms. The van der Waals surface area contributed by atoms with Crippen LogP contribution in [0.5, 0.6) is 0 Å². The highest BCUT2D eigenvalue weighted by Gasteiger charge is 2.26. The molecule has 38 heavy (non-hydrogen) atoms. The number of thioether (sulfide) groups is 1. The number of carbonyl (C=O) groups excluding carboxylic acids is 2. The molecule has 11 heteroatoms. The molecule has 1 N–H and O–H groups in total. The van der Waals surface area contributed by atoms with Crippen LogP contribution in [0, 0.1) is 13.8 Å². The molecule has 1 aromatic heterocycles. The highest BCUT2D eigenvalue weighted by molar-refractivity contribution is 7.99. The van der Waals surface area contributed by atoms with E-state index in [0.717, 1.165) is 36.1 Å². The Morgan fingerprint density at radius 3 is 2.34 bits per heavy atom. The van der Waals surface area contributed by atoms with Crippen LogP contribution >= 0.6 is 11.8 Å². The summed E-state index contributed by atoms with van der Waals surface area (Å²) in [6.07, 6.45) is 3.27. The summed E-state index contributed by atoms with van der Waals surface area (Å²) in [5.41, 5.74) is 3.61. The molecular weight excluding hydrogens is 522 g/mol. The number of amides is 1. The van der Waals surface area contributed by atoms with Crippen molar-refractivity contribution in [3.8, 4) is 5.69 Å². The van der Waals surface area contributed by atoms with E-state index in [0.29, 0.717) is 42.6 Å². The average Bonchev–Trinajstić information content (AvgIpc) is 3.31. The van der Waals surface area contributed by atoms with Crippen molar-refractivity contribution >= 4 is 33.5 Å². The Labute approximate surface area is 228 Å². The fraction of sp³-hybridized carbons (Fsp3) is 0.407. The Morgan fingerprint density at radius 1 is 0.974 bits per heavy atom. The summed E-state index contributed by atoms with van der Waals surface area (Å²) in [4.78, 5) is 24.5. The molecule has 0 aliphatic carbocycles. The van der Waals surface area contributed by atoms with Crippen LogP contribution in [0.3, 0.4) is 0 Å². The number of nitrogens with zero attached hydrogens (tertiary/aromatic N) is 4. The van der Waals surface area contributed by atoms with Crippen LogP contribution < -0.4 is 5.32 Å². The van der Waals surface area contributed by atoms with Gasteiger partial charge in [0.15, 0.2) is 10.9 Å². The summed E-state index contributed by atoms with van der Waals surface area (Å²) < 4.78 is 29.3. The predicted molar refractivity (Wildman–Crippen MR) is 147 cm³/mol. The van der Waals surface area contributed by atoms with Gasteiger partial charge in [-0.05, 0) is 62.1 Å². The number of aryl methyl sites for hydroxylation is 2. The van der Waals surface area contributed by atoms with Crippen LogP contribution in [0.1, 0.15) is 53.5 Å². The lowest BCUT2D eigenvalue weighted by atomic mass is 10.1. The van der Waals surface area contributed by atoms with Gasteiger partial charge in [0.25, 0.3) is 0 Å². The van der Waals surface area contributed by atoms with Crippen LogP contribution in [0.2, 0.25) is 0 Å². The fourth-order valence-electron chi connectivity index (χ4n) is 4.31. The van der Waals surface area contributed by atoms with Crippen LogP contribution in [0.15, 0.2) is 52.5 Å². The molecule has 1 saturated heterocycles. The van der Waals surface area contributed by atoms with E-state index in [-0.39, 0.29) is 22.3 Å². The molecule has 2 aromatic carbocycles. The highest BCUT2D eigenvalue weighted by Crippen LogP contribution is 2.26. The third-order valence-electron chi connectivity index (χ3n) is 6.63. The van der Waals surface area contributed by atoms with Crippen molar-refractivity contribution in [2.45, 2.75) is 56.5 Å². The number of piperidine rings is 1. The molecule has 9 nitrogen and oxygen atoms in total. The first-order valence-electron chi connectivity index (χ1n) is 12.7. The third-order valence-corrected chi connectivity index (χ3v) is 9.47. The van der Waals surface area contributed by atoms with Gasteiger partial charge in [0.2, 0.25) is 15.9 Å². The number of rotatable bonds is 10. The van der Waals surface area contributed by atoms with E-state index in [9.17, 15) is 18.0 Å². The number of benzene rings is 2. The van der Waals surface area contributed by atoms with E-state index >= 15 is 0 Å². The predicted octanol–water partition coefficient (Wildman–Crippen LogP) is 3.71. The normalized spacial score (nSPS) is 14.4. The van der Waals surface area contributed by atoms with Gasteiger partial charge in [-0.15, -0.1) is 10.2 Å². The highest BCUT2D eigenvalue weighted by atomic mass is 32.2. The maximum atomic E-state index is 13.0. The van der Waals surface area contributed by atoms with Crippen LogP contribution in [0.25, 0.3) is 5.69 Å². The van der Waals surface area contributed by atoms with Crippen molar-refractivity contribution in [1.29, 1.82) is 0 Å². The summed E-state index contributed by atoms with van der Waals surface area (Å²) in [7, 11) is -3.54. The van der Waals surface area contributed by atoms with E-state index in [1.807, 2.05) is 36.6 Å². The fourth-order valence-corrected chi connectivity index (χ4v) is 6.69. The van der Waals surface area contributed by atoms with Gasteiger partial charge >= 0.3 is 0 Å². The Bertz CT molecular complexity index is 1410. The average molecular weight is 556 g/mol. The van der Waals surface area contributed by atoms with Crippen molar-refractivity contribution in [1.82, 2.24) is 24.4 Å². The molecule has 0 atom stereocenters. The van der Waals surface area contributed by atoms with Crippen LogP contribution in [0.4, 0.5) is 0 Å². The van der Waals surface area contributed by atoms with Gasteiger partial charge < -0.3 is 5.32 Å². The van der Waals surface area contributed by atoms with E-state index in [4.69, 9.17) is 0 Å². The number of hydrogen-bond donors (Lipinski definition) is 1. The molecule has 3 aromatic rings. The number of carbonyl (C=O) groups is 2. The molecule has 1 fully saturated rings. The quantitative estimate of drug-likeness (QED) is 0.300. The Morgan fingerprint density at radius 2 is 1.68 bits per heavy atom. The monoisotopic (exact) mass is 555 g/mol. The van der Waals surface area contributed by atoms with Crippen molar-refractivity contribution < 1.29 is 18.0 Å². The van der Waals surface area contributed by atoms with Gasteiger partial charge in [-0.3, -0.25) is 14.2 Å². The Kier molecular flexibility index (Phi) is 9.01. The number of sulfonamides is 1. The Hall–Kier alpha value is -3.02. The summed E-state index contributed by atoms with van der Waals surface area (Å²) in [5, 5.41) is 12.0. The first kappa shape index (κ1) is 28.0. The minimum atomic E-state index is -3.54. The van der Waals surface area contributed by atoms with E-state index in [1.54, 1.807) is 12.1 Å². The van der Waals surface area contributed by atoms with Gasteiger partial charge in [-0.25, -0.2) is 8.42 Å². The van der Waals surface area contributed by atoms with Gasteiger partial charge in [0, 0.05) is 44.2 Å². The zero-order chi connectivity index (χ0) is 27.3. The van der Waals surface area contributed by atoms with E-state index < -0.39 is 10.0 Å². The second-order valence-electron chi connectivity index (χ2n) is 9.44. The number of Topliss-reactive ketones (excluding diaryl/α,β-unsaturated/α-hetero) is 1. The maximum Gasteiger partial charge on any atom is 0.243 e. The number of hydrogen-bond acceptors (Lipinski definition) is 7. The largest absolute Gasteiger partial charge is 0.356 e. The molecule has 0 unspecified atom stereocenters. The standard InChI is InChI=1S/C27H33N5O4S2/c1-19-7-10-23(17-20(19)2)32-26(13-14-28-21(3)33)29-30-27(32)37-18-25(34)22-8-11-24(12-9-22)38(35,36)31-15-5-4-6-16-31/h7-12,17H,4-6,13-16,18H2,1-3H3,(H,28,33). The first-order chi connectivity index (χ1) is 18.2. The van der Waals surface area contributed by atoms with Crippen molar-refractivity contribution in [2.24, 2.45) is 0 Å². The molecule has 4 rings (SSSR count). The van der Waals surface area contributed by atoms with Crippen molar-refractivity contribution in [3.63, 3.8) is 0 Å². The van der Waals surface area contributed by atoms with Gasteiger partial charge in [-0.1, -0.05) is 36.4 Å². The minimum Gasteiger partial charge on any atom is -0.356 e. The molecule has 0 saturated carbocycles. The lowest BCUT2D eigenvalue weighted by molar-refractivity contribution is -0.118. The topological polar surface area (TPSA) is 114 Å². The molecule has 202 valence electrons.